The number of aryl methyl sites for hydroxylation is 1. The monoisotopic (exact) mass is 278 g/mol. The van der Waals surface area contributed by atoms with Crippen molar-refractivity contribution in [2.45, 2.75) is 32.4 Å². The van der Waals surface area contributed by atoms with Crippen molar-refractivity contribution in [2.75, 3.05) is 19.3 Å². The number of nitrogens with one attached hydrogen (secondary N) is 1. The minimum atomic E-state index is -4.29. The van der Waals surface area contributed by atoms with E-state index < -0.39 is 25.0 Å². The van der Waals surface area contributed by atoms with Crippen molar-refractivity contribution in [3.63, 3.8) is 0 Å². The number of hydrogen-bond donors (Lipinski definition) is 2. The van der Waals surface area contributed by atoms with Gasteiger partial charge in [0.1, 0.15) is 0 Å². The standard InChI is InChI=1S/C11H17F3N4O/c1-3-4-7-8(15)9(17-16-7)10(19)18(2)6-5-11(12,13)14/h3-6,15H2,1-2H3,(H,16,17). The summed E-state index contributed by atoms with van der Waals surface area (Å²) in [5.41, 5.74) is 6.57. The third-order valence-corrected chi connectivity index (χ3v) is 2.66. The van der Waals surface area contributed by atoms with Crippen molar-refractivity contribution in [1.82, 2.24) is 15.1 Å². The van der Waals surface area contributed by atoms with Crippen LogP contribution in [0.15, 0.2) is 0 Å². The van der Waals surface area contributed by atoms with Gasteiger partial charge in [0.25, 0.3) is 5.91 Å². The average Bonchev–Trinajstić information content (AvgIpc) is 2.67. The maximum atomic E-state index is 12.1. The number of nitrogens with zero attached hydrogens (tertiary/aromatic N) is 2. The van der Waals surface area contributed by atoms with Gasteiger partial charge in [0, 0.05) is 13.6 Å². The van der Waals surface area contributed by atoms with Gasteiger partial charge in [-0.1, -0.05) is 13.3 Å². The number of rotatable bonds is 5. The van der Waals surface area contributed by atoms with Crippen LogP contribution in [0, 0.1) is 0 Å². The highest BCUT2D eigenvalue weighted by atomic mass is 19.4. The number of nitrogens with two attached hydrogens (primary N) is 1. The third kappa shape index (κ3) is 4.15. The fourth-order valence-electron chi connectivity index (χ4n) is 1.57. The number of anilines is 1. The summed E-state index contributed by atoms with van der Waals surface area (Å²) in [4.78, 5) is 12.9. The Morgan fingerprint density at radius 1 is 1.47 bits per heavy atom. The van der Waals surface area contributed by atoms with Gasteiger partial charge in [-0.25, -0.2) is 0 Å². The SMILES string of the molecule is CCCc1[nH]nc(C(=O)N(C)CCC(F)(F)F)c1N. The number of aromatic nitrogens is 2. The van der Waals surface area contributed by atoms with E-state index in [4.69, 9.17) is 5.73 Å². The molecule has 1 rings (SSSR count). The zero-order valence-electron chi connectivity index (χ0n) is 10.8. The molecule has 0 fully saturated rings. The third-order valence-electron chi connectivity index (χ3n) is 2.66. The van der Waals surface area contributed by atoms with Crippen LogP contribution in [0.4, 0.5) is 18.9 Å². The second kappa shape index (κ2) is 5.94. The number of carbonyl (C=O) groups excluding carboxylic acids is 1. The molecule has 108 valence electrons. The van der Waals surface area contributed by atoms with Gasteiger partial charge in [0.05, 0.1) is 17.8 Å². The van der Waals surface area contributed by atoms with Gasteiger partial charge >= 0.3 is 6.18 Å². The zero-order valence-corrected chi connectivity index (χ0v) is 10.8. The van der Waals surface area contributed by atoms with Crippen molar-refractivity contribution in [1.29, 1.82) is 0 Å². The van der Waals surface area contributed by atoms with Crippen LogP contribution in [-0.2, 0) is 6.42 Å². The summed E-state index contributed by atoms with van der Waals surface area (Å²) in [7, 11) is 1.29. The minimum absolute atomic E-state index is 0.0203. The molecule has 0 aliphatic rings. The Morgan fingerprint density at radius 2 is 2.11 bits per heavy atom. The summed E-state index contributed by atoms with van der Waals surface area (Å²) in [6, 6.07) is 0. The van der Waals surface area contributed by atoms with Crippen LogP contribution in [0.2, 0.25) is 0 Å². The first-order valence-corrected chi connectivity index (χ1v) is 5.91. The van der Waals surface area contributed by atoms with Gasteiger partial charge in [0.2, 0.25) is 0 Å². The summed E-state index contributed by atoms with van der Waals surface area (Å²) in [6.45, 7) is 1.52. The van der Waals surface area contributed by atoms with E-state index in [9.17, 15) is 18.0 Å². The summed E-state index contributed by atoms with van der Waals surface area (Å²) in [6.07, 6.45) is -3.89. The molecule has 0 saturated carbocycles. The molecule has 1 heterocycles. The molecular weight excluding hydrogens is 261 g/mol. The first kappa shape index (κ1) is 15.3. The second-order valence-electron chi connectivity index (χ2n) is 4.31. The van der Waals surface area contributed by atoms with Crippen LogP contribution in [0.5, 0.6) is 0 Å². The molecule has 0 spiro atoms. The average molecular weight is 278 g/mol. The Labute approximate surface area is 109 Å². The molecule has 3 N–H and O–H groups in total. The van der Waals surface area contributed by atoms with E-state index >= 15 is 0 Å². The van der Waals surface area contributed by atoms with Crippen LogP contribution >= 0.6 is 0 Å². The molecule has 0 bridgehead atoms. The Morgan fingerprint density at radius 3 is 2.63 bits per heavy atom. The normalized spacial score (nSPS) is 11.6. The fraction of sp³-hybridized carbons (Fsp3) is 0.636. The molecule has 8 heteroatoms. The van der Waals surface area contributed by atoms with Gasteiger partial charge in [-0.3, -0.25) is 9.89 Å². The lowest BCUT2D eigenvalue weighted by Gasteiger charge is -2.17. The Bertz CT molecular complexity index is 442. The highest BCUT2D eigenvalue weighted by Crippen LogP contribution is 2.21. The van der Waals surface area contributed by atoms with Crippen LogP contribution in [-0.4, -0.2) is 40.8 Å². The topological polar surface area (TPSA) is 75.0 Å². The van der Waals surface area contributed by atoms with Crippen molar-refractivity contribution in [3.8, 4) is 0 Å². The lowest BCUT2D eigenvalue weighted by molar-refractivity contribution is -0.136. The number of alkyl halides is 3. The number of amides is 1. The molecule has 0 unspecified atom stereocenters. The summed E-state index contributed by atoms with van der Waals surface area (Å²) in [5, 5.41) is 6.42. The highest BCUT2D eigenvalue weighted by molar-refractivity contribution is 5.97. The van der Waals surface area contributed by atoms with E-state index in [2.05, 4.69) is 10.2 Å². The molecule has 1 aromatic heterocycles. The second-order valence-corrected chi connectivity index (χ2v) is 4.31. The number of nitrogen functional groups attached to an aromatic ring is 1. The highest BCUT2D eigenvalue weighted by Gasteiger charge is 2.29. The molecule has 0 saturated heterocycles. The molecule has 1 aromatic rings. The molecule has 0 aliphatic carbocycles. The lowest BCUT2D eigenvalue weighted by Crippen LogP contribution is -2.31. The van der Waals surface area contributed by atoms with Crippen molar-refractivity contribution < 1.29 is 18.0 Å². The maximum absolute atomic E-state index is 12.1. The molecule has 19 heavy (non-hydrogen) atoms. The first-order valence-electron chi connectivity index (χ1n) is 5.91. The molecule has 1 amide bonds. The van der Waals surface area contributed by atoms with Crippen molar-refractivity contribution in [2.24, 2.45) is 0 Å². The minimum Gasteiger partial charge on any atom is -0.395 e. The summed E-state index contributed by atoms with van der Waals surface area (Å²) in [5.74, 6) is -0.611. The number of carbonyl (C=O) groups is 1. The number of hydrogen-bond acceptors (Lipinski definition) is 3. The van der Waals surface area contributed by atoms with Gasteiger partial charge in [0.15, 0.2) is 5.69 Å². The van der Waals surface area contributed by atoms with E-state index in [1.165, 1.54) is 7.05 Å². The quantitative estimate of drug-likeness (QED) is 0.864. The van der Waals surface area contributed by atoms with E-state index in [0.29, 0.717) is 12.1 Å². The number of aromatic amines is 1. The summed E-state index contributed by atoms with van der Waals surface area (Å²) >= 11 is 0. The Kier molecular flexibility index (Phi) is 4.79. The van der Waals surface area contributed by atoms with Crippen molar-refractivity contribution >= 4 is 11.6 Å². The Hall–Kier alpha value is -1.73. The molecule has 0 radical (unpaired) electrons. The summed E-state index contributed by atoms with van der Waals surface area (Å²) < 4.78 is 36.2. The molecular formula is C11H17F3N4O. The van der Waals surface area contributed by atoms with E-state index in [-0.39, 0.29) is 11.4 Å². The van der Waals surface area contributed by atoms with Crippen LogP contribution in [0.25, 0.3) is 0 Å². The smallest absolute Gasteiger partial charge is 0.390 e. The largest absolute Gasteiger partial charge is 0.395 e. The zero-order chi connectivity index (χ0) is 14.6. The molecule has 0 aromatic carbocycles. The van der Waals surface area contributed by atoms with Gasteiger partial charge in [-0.2, -0.15) is 18.3 Å². The fourth-order valence-corrected chi connectivity index (χ4v) is 1.57. The van der Waals surface area contributed by atoms with E-state index in [1.807, 2.05) is 6.92 Å². The van der Waals surface area contributed by atoms with Crippen LogP contribution in [0.3, 0.4) is 0 Å². The lowest BCUT2D eigenvalue weighted by atomic mass is 10.2. The molecule has 0 atom stereocenters. The Balaban J connectivity index is 2.72. The predicted octanol–water partition coefficient (Wildman–Crippen LogP) is 1.97. The molecule has 5 nitrogen and oxygen atoms in total. The first-order chi connectivity index (χ1) is 8.76. The number of halogens is 3. The van der Waals surface area contributed by atoms with Crippen LogP contribution < -0.4 is 5.73 Å². The van der Waals surface area contributed by atoms with Gasteiger partial charge in [-0.15, -0.1) is 0 Å². The predicted molar refractivity (Wildman–Crippen MR) is 64.6 cm³/mol. The molecule has 0 aliphatic heterocycles. The van der Waals surface area contributed by atoms with E-state index in [0.717, 1.165) is 11.3 Å². The maximum Gasteiger partial charge on any atom is 0.390 e. The van der Waals surface area contributed by atoms with Crippen LogP contribution in [0.1, 0.15) is 35.9 Å². The number of H-pyrrole nitrogens is 1. The van der Waals surface area contributed by atoms with Gasteiger partial charge < -0.3 is 10.6 Å². The van der Waals surface area contributed by atoms with Gasteiger partial charge in [-0.05, 0) is 6.42 Å². The van der Waals surface area contributed by atoms with Crippen molar-refractivity contribution in [3.05, 3.63) is 11.4 Å². The van der Waals surface area contributed by atoms with E-state index in [1.54, 1.807) is 0 Å².